The van der Waals surface area contributed by atoms with Gasteiger partial charge in [0.25, 0.3) is 5.91 Å². The lowest BCUT2D eigenvalue weighted by Crippen LogP contribution is -2.35. The van der Waals surface area contributed by atoms with E-state index >= 15 is 0 Å². The molecule has 0 aliphatic heterocycles. The van der Waals surface area contributed by atoms with E-state index in [-0.39, 0.29) is 5.91 Å². The van der Waals surface area contributed by atoms with Gasteiger partial charge in [0.2, 0.25) is 0 Å². The summed E-state index contributed by atoms with van der Waals surface area (Å²) in [5.74, 6) is 0.357. The average molecular weight is 482 g/mol. The maximum Gasteiger partial charge on any atom is 0.281 e. The van der Waals surface area contributed by atoms with E-state index in [1.165, 1.54) is 5.69 Å². The molecule has 1 amide bonds. The Morgan fingerprint density at radius 1 is 1.06 bits per heavy atom. The zero-order valence-corrected chi connectivity index (χ0v) is 19.7. The fourth-order valence-electron chi connectivity index (χ4n) is 3.38. The van der Waals surface area contributed by atoms with Gasteiger partial charge in [0.15, 0.2) is 6.10 Å². The predicted molar refractivity (Wildman–Crippen MR) is 132 cm³/mol. The molecule has 0 aliphatic carbocycles. The number of nitrogens with one attached hydrogen (secondary N) is 1. The van der Waals surface area contributed by atoms with Gasteiger partial charge in [-0.05, 0) is 70.7 Å². The molecule has 162 valence electrons. The first-order valence-corrected chi connectivity index (χ1v) is 11.4. The van der Waals surface area contributed by atoms with Gasteiger partial charge in [0, 0.05) is 18.8 Å². The molecule has 0 radical (unpaired) electrons. The minimum Gasteiger partial charge on any atom is -0.479 e. The molecule has 0 spiro atoms. The molecule has 0 fully saturated rings. The Bertz CT molecular complexity index is 1050. The van der Waals surface area contributed by atoms with Crippen molar-refractivity contribution >= 4 is 44.5 Å². The third kappa shape index (κ3) is 5.64. The lowest BCUT2D eigenvalue weighted by molar-refractivity contribution is -0.128. The molecule has 0 saturated carbocycles. The van der Waals surface area contributed by atoms with Crippen molar-refractivity contribution in [1.29, 1.82) is 0 Å². The molecule has 6 heteroatoms. The Balaban J connectivity index is 1.63. The van der Waals surface area contributed by atoms with E-state index in [4.69, 9.17) is 4.74 Å². The van der Waals surface area contributed by atoms with Gasteiger partial charge in [-0.2, -0.15) is 5.10 Å². The lowest BCUT2D eigenvalue weighted by atomic mass is 10.1. The summed E-state index contributed by atoms with van der Waals surface area (Å²) in [6, 6.07) is 20.0. The Morgan fingerprint density at radius 3 is 2.45 bits per heavy atom. The first-order valence-electron chi connectivity index (χ1n) is 10.6. The van der Waals surface area contributed by atoms with Crippen LogP contribution in [0.4, 0.5) is 5.69 Å². The molecule has 3 rings (SSSR count). The Hall–Kier alpha value is -2.86. The van der Waals surface area contributed by atoms with Crippen LogP contribution in [0, 0.1) is 0 Å². The highest BCUT2D eigenvalue weighted by molar-refractivity contribution is 9.10. The highest BCUT2D eigenvalue weighted by Gasteiger charge is 2.19. The molecule has 1 unspecified atom stereocenters. The number of hydrogen-bond acceptors (Lipinski definition) is 4. The second-order valence-electron chi connectivity index (χ2n) is 7.11. The molecule has 0 aliphatic rings. The summed E-state index contributed by atoms with van der Waals surface area (Å²) in [7, 11) is 0. The largest absolute Gasteiger partial charge is 0.479 e. The Kier molecular flexibility index (Phi) is 8.06. The van der Waals surface area contributed by atoms with Crippen LogP contribution in [0.15, 0.2) is 70.2 Å². The molecular formula is C25H28BrN3O2. The number of hydrazone groups is 1. The topological polar surface area (TPSA) is 53.9 Å². The number of nitrogens with zero attached hydrogens (tertiary/aromatic N) is 2. The van der Waals surface area contributed by atoms with Gasteiger partial charge < -0.3 is 9.64 Å². The van der Waals surface area contributed by atoms with Crippen molar-refractivity contribution in [2.45, 2.75) is 33.3 Å². The molecule has 5 nitrogen and oxygen atoms in total. The van der Waals surface area contributed by atoms with Crippen molar-refractivity contribution in [3.8, 4) is 5.75 Å². The van der Waals surface area contributed by atoms with E-state index < -0.39 is 6.10 Å². The SMILES string of the molecule is CCC(Oc1ccc2ccccc2c1Br)C(=O)NN=Cc1ccc(N(CC)CC)cc1. The normalized spacial score (nSPS) is 12.1. The van der Waals surface area contributed by atoms with Crippen molar-refractivity contribution in [2.24, 2.45) is 5.10 Å². The minimum atomic E-state index is -0.639. The van der Waals surface area contributed by atoms with Gasteiger partial charge in [0.1, 0.15) is 5.75 Å². The van der Waals surface area contributed by atoms with Gasteiger partial charge in [-0.1, -0.05) is 49.4 Å². The second kappa shape index (κ2) is 11.0. The van der Waals surface area contributed by atoms with E-state index in [9.17, 15) is 4.79 Å². The third-order valence-corrected chi connectivity index (χ3v) is 5.99. The zero-order chi connectivity index (χ0) is 22.2. The maximum atomic E-state index is 12.6. The summed E-state index contributed by atoms with van der Waals surface area (Å²) in [5, 5.41) is 6.26. The first-order chi connectivity index (χ1) is 15.1. The van der Waals surface area contributed by atoms with Crippen molar-refractivity contribution in [3.63, 3.8) is 0 Å². The molecule has 3 aromatic rings. The molecule has 0 aromatic heterocycles. The molecule has 31 heavy (non-hydrogen) atoms. The predicted octanol–water partition coefficient (Wildman–Crippen LogP) is 5.76. The summed E-state index contributed by atoms with van der Waals surface area (Å²) in [4.78, 5) is 14.9. The molecule has 0 heterocycles. The van der Waals surface area contributed by atoms with Crippen LogP contribution in [0.2, 0.25) is 0 Å². The monoisotopic (exact) mass is 481 g/mol. The van der Waals surface area contributed by atoms with Crippen LogP contribution in [0.1, 0.15) is 32.8 Å². The molecular weight excluding hydrogens is 454 g/mol. The van der Waals surface area contributed by atoms with E-state index in [1.54, 1.807) is 6.21 Å². The number of benzene rings is 3. The van der Waals surface area contributed by atoms with Crippen LogP contribution < -0.4 is 15.1 Å². The van der Waals surface area contributed by atoms with Crippen molar-refractivity contribution in [1.82, 2.24) is 5.43 Å². The van der Waals surface area contributed by atoms with Crippen LogP contribution in [-0.4, -0.2) is 31.3 Å². The van der Waals surface area contributed by atoms with Gasteiger partial charge in [-0.15, -0.1) is 0 Å². The van der Waals surface area contributed by atoms with Crippen LogP contribution in [0.3, 0.4) is 0 Å². The van der Waals surface area contributed by atoms with Gasteiger partial charge >= 0.3 is 0 Å². The number of ether oxygens (including phenoxy) is 1. The summed E-state index contributed by atoms with van der Waals surface area (Å²) < 4.78 is 6.84. The van der Waals surface area contributed by atoms with Crippen LogP contribution >= 0.6 is 15.9 Å². The fourth-order valence-corrected chi connectivity index (χ4v) is 3.97. The summed E-state index contributed by atoms with van der Waals surface area (Å²) in [6.07, 6.45) is 1.53. The van der Waals surface area contributed by atoms with Crippen molar-refractivity contribution in [2.75, 3.05) is 18.0 Å². The molecule has 0 bridgehead atoms. The number of fused-ring (bicyclic) bond motifs is 1. The highest BCUT2D eigenvalue weighted by atomic mass is 79.9. The van der Waals surface area contributed by atoms with Gasteiger partial charge in [-0.25, -0.2) is 5.43 Å². The number of carbonyl (C=O) groups is 1. The van der Waals surface area contributed by atoms with E-state index in [0.717, 1.165) is 33.9 Å². The lowest BCUT2D eigenvalue weighted by Gasteiger charge is -2.20. The van der Waals surface area contributed by atoms with E-state index in [0.29, 0.717) is 12.2 Å². The van der Waals surface area contributed by atoms with Crippen molar-refractivity contribution < 1.29 is 9.53 Å². The second-order valence-corrected chi connectivity index (χ2v) is 7.90. The van der Waals surface area contributed by atoms with Crippen LogP contribution in [-0.2, 0) is 4.79 Å². The molecule has 0 saturated heterocycles. The number of carbonyl (C=O) groups excluding carboxylic acids is 1. The van der Waals surface area contributed by atoms with Gasteiger partial charge in [-0.3, -0.25) is 4.79 Å². The minimum absolute atomic E-state index is 0.279. The van der Waals surface area contributed by atoms with E-state index in [1.807, 2.05) is 55.5 Å². The number of amides is 1. The Labute approximate surface area is 192 Å². The van der Waals surface area contributed by atoms with Crippen LogP contribution in [0.25, 0.3) is 10.8 Å². The summed E-state index contributed by atoms with van der Waals surface area (Å²) >= 11 is 3.61. The van der Waals surface area contributed by atoms with Crippen LogP contribution in [0.5, 0.6) is 5.75 Å². The zero-order valence-electron chi connectivity index (χ0n) is 18.1. The summed E-state index contributed by atoms with van der Waals surface area (Å²) in [6.45, 7) is 8.11. The quantitative estimate of drug-likeness (QED) is 0.312. The number of anilines is 1. The number of halogens is 1. The fraction of sp³-hybridized carbons (Fsp3) is 0.280. The smallest absolute Gasteiger partial charge is 0.281 e. The third-order valence-electron chi connectivity index (χ3n) is 5.17. The maximum absolute atomic E-state index is 12.6. The van der Waals surface area contributed by atoms with Crippen molar-refractivity contribution in [3.05, 3.63) is 70.7 Å². The van der Waals surface area contributed by atoms with Gasteiger partial charge in [0.05, 0.1) is 10.7 Å². The highest BCUT2D eigenvalue weighted by Crippen LogP contribution is 2.33. The standard InChI is InChI=1S/C25H28BrN3O2/c1-4-22(31-23-16-13-19-9-7-8-10-21(19)24(23)26)25(30)28-27-17-18-11-14-20(15-12-18)29(5-2)6-3/h7-17,22H,4-6H2,1-3H3,(H,28,30). The molecule has 1 N–H and O–H groups in total. The first kappa shape index (κ1) is 22.8. The molecule has 3 aromatic carbocycles. The number of rotatable bonds is 9. The summed E-state index contributed by atoms with van der Waals surface area (Å²) in [5.41, 5.74) is 4.69. The number of hydrogen-bond donors (Lipinski definition) is 1. The van der Waals surface area contributed by atoms with E-state index in [2.05, 4.69) is 57.3 Å². The average Bonchev–Trinajstić information content (AvgIpc) is 2.80. The molecule has 1 atom stereocenters. The Morgan fingerprint density at radius 2 is 1.77 bits per heavy atom.